The van der Waals surface area contributed by atoms with Crippen LogP contribution in [0.2, 0.25) is 0 Å². The second-order valence-electron chi connectivity index (χ2n) is 6.22. The van der Waals surface area contributed by atoms with Gasteiger partial charge in [-0.3, -0.25) is 9.59 Å². The number of thioether (sulfide) groups is 1. The first-order valence-corrected chi connectivity index (χ1v) is 9.32. The van der Waals surface area contributed by atoms with Gasteiger partial charge in [-0.15, -0.1) is 11.8 Å². The summed E-state index contributed by atoms with van der Waals surface area (Å²) in [5, 5.41) is 0. The summed E-state index contributed by atoms with van der Waals surface area (Å²) in [5.41, 5.74) is 5.25. The topological polar surface area (TPSA) is 37.4 Å². The molecule has 1 aliphatic heterocycles. The molecule has 3 nitrogen and oxygen atoms in total. The van der Waals surface area contributed by atoms with E-state index >= 15 is 0 Å². The number of hydrogen-bond donors (Lipinski definition) is 0. The smallest absolute Gasteiger partial charge is 0.268 e. The summed E-state index contributed by atoms with van der Waals surface area (Å²) in [6.45, 7) is 8.00. The van der Waals surface area contributed by atoms with Crippen LogP contribution in [0.25, 0.3) is 5.57 Å². The van der Waals surface area contributed by atoms with Crippen LogP contribution in [0.3, 0.4) is 0 Å². The van der Waals surface area contributed by atoms with Gasteiger partial charge in [0.05, 0.1) is 16.2 Å². The predicted octanol–water partition coefficient (Wildman–Crippen LogP) is 4.65. The van der Waals surface area contributed by atoms with Crippen molar-refractivity contribution in [2.24, 2.45) is 0 Å². The molecule has 2 aromatic carbocycles. The van der Waals surface area contributed by atoms with Crippen molar-refractivity contribution in [2.45, 2.75) is 27.7 Å². The number of anilines is 1. The van der Waals surface area contributed by atoms with Gasteiger partial charge in [-0.25, -0.2) is 4.90 Å². The molecule has 0 aromatic heterocycles. The van der Waals surface area contributed by atoms with Gasteiger partial charge in [-0.05, 0) is 60.9 Å². The van der Waals surface area contributed by atoms with E-state index in [9.17, 15) is 9.59 Å². The molecule has 0 spiro atoms. The molecule has 0 saturated carbocycles. The van der Waals surface area contributed by atoms with Crippen molar-refractivity contribution < 1.29 is 9.59 Å². The highest BCUT2D eigenvalue weighted by Gasteiger charge is 2.40. The summed E-state index contributed by atoms with van der Waals surface area (Å²) >= 11 is 1.43. The second-order valence-corrected chi connectivity index (χ2v) is 7.50. The molecular formula is C21H21NO2S. The lowest BCUT2D eigenvalue weighted by Crippen LogP contribution is -2.31. The molecule has 2 aromatic rings. The maximum absolute atomic E-state index is 13.1. The van der Waals surface area contributed by atoms with Gasteiger partial charge in [-0.2, -0.15) is 0 Å². The quantitative estimate of drug-likeness (QED) is 0.753. The second kappa shape index (κ2) is 6.89. The van der Waals surface area contributed by atoms with E-state index < -0.39 is 0 Å². The summed E-state index contributed by atoms with van der Waals surface area (Å²) in [6.07, 6.45) is 0. The van der Waals surface area contributed by atoms with Crippen LogP contribution < -0.4 is 4.90 Å². The zero-order valence-corrected chi connectivity index (χ0v) is 15.7. The van der Waals surface area contributed by atoms with Gasteiger partial charge in [0.2, 0.25) is 0 Å². The van der Waals surface area contributed by atoms with Crippen molar-refractivity contribution >= 4 is 34.8 Å². The Bertz CT molecular complexity index is 899. The summed E-state index contributed by atoms with van der Waals surface area (Å²) in [7, 11) is 0. The van der Waals surface area contributed by atoms with E-state index in [1.807, 2.05) is 64.1 Å². The lowest BCUT2D eigenvalue weighted by molar-refractivity contribution is -0.119. The van der Waals surface area contributed by atoms with E-state index in [0.29, 0.717) is 16.2 Å². The average Bonchev–Trinajstić information content (AvgIpc) is 2.81. The fourth-order valence-electron chi connectivity index (χ4n) is 2.94. The minimum Gasteiger partial charge on any atom is -0.268 e. The predicted molar refractivity (Wildman–Crippen MR) is 105 cm³/mol. The van der Waals surface area contributed by atoms with Gasteiger partial charge in [0.15, 0.2) is 0 Å². The van der Waals surface area contributed by atoms with Crippen LogP contribution in [0.15, 0.2) is 47.4 Å². The van der Waals surface area contributed by atoms with Crippen molar-refractivity contribution in [1.29, 1.82) is 0 Å². The first-order valence-electron chi connectivity index (χ1n) is 8.34. The Morgan fingerprint density at radius 3 is 2.32 bits per heavy atom. The molecule has 0 bridgehead atoms. The van der Waals surface area contributed by atoms with Crippen molar-refractivity contribution in [2.75, 3.05) is 10.7 Å². The Labute approximate surface area is 152 Å². The molecule has 4 heteroatoms. The number of imide groups is 1. The summed E-state index contributed by atoms with van der Waals surface area (Å²) in [5.74, 6) is 0.273. The zero-order chi connectivity index (χ0) is 18.1. The minimum absolute atomic E-state index is 0.226. The minimum atomic E-state index is -0.241. The number of nitrogens with zero attached hydrogens (tertiary/aromatic N) is 1. The van der Waals surface area contributed by atoms with Crippen molar-refractivity contribution in [1.82, 2.24) is 0 Å². The van der Waals surface area contributed by atoms with Gasteiger partial charge < -0.3 is 0 Å². The normalized spacial score (nSPS) is 14.6. The largest absolute Gasteiger partial charge is 0.272 e. The zero-order valence-electron chi connectivity index (χ0n) is 14.9. The van der Waals surface area contributed by atoms with Crippen LogP contribution in [0.4, 0.5) is 5.69 Å². The van der Waals surface area contributed by atoms with E-state index in [0.717, 1.165) is 22.4 Å². The third-order valence-corrected chi connectivity index (χ3v) is 5.34. The number of benzene rings is 2. The van der Waals surface area contributed by atoms with Crippen LogP contribution in [0.5, 0.6) is 0 Å². The molecule has 25 heavy (non-hydrogen) atoms. The summed E-state index contributed by atoms with van der Waals surface area (Å²) in [4.78, 5) is 28.0. The highest BCUT2D eigenvalue weighted by atomic mass is 32.2. The Kier molecular flexibility index (Phi) is 4.82. The fourth-order valence-corrected chi connectivity index (χ4v) is 3.79. The highest BCUT2D eigenvalue weighted by molar-refractivity contribution is 8.04. The fraction of sp³-hybridized carbons (Fsp3) is 0.238. The molecule has 128 valence electrons. The highest BCUT2D eigenvalue weighted by Crippen LogP contribution is 2.38. The molecular weight excluding hydrogens is 330 g/mol. The molecule has 0 fully saturated rings. The van der Waals surface area contributed by atoms with Crippen molar-refractivity contribution in [3.63, 3.8) is 0 Å². The monoisotopic (exact) mass is 351 g/mol. The number of rotatable bonds is 4. The average molecular weight is 351 g/mol. The third-order valence-electron chi connectivity index (χ3n) is 4.39. The van der Waals surface area contributed by atoms with Gasteiger partial charge in [0.1, 0.15) is 0 Å². The first-order chi connectivity index (χ1) is 11.9. The van der Waals surface area contributed by atoms with Crippen LogP contribution in [-0.4, -0.2) is 17.6 Å². The van der Waals surface area contributed by atoms with E-state index in [-0.39, 0.29) is 11.8 Å². The summed E-state index contributed by atoms with van der Waals surface area (Å²) < 4.78 is 0. The van der Waals surface area contributed by atoms with Gasteiger partial charge in [-0.1, -0.05) is 37.3 Å². The van der Waals surface area contributed by atoms with E-state index in [1.54, 1.807) is 6.07 Å². The SMILES string of the molecule is CCSC1=C(c2ccc(C)c(C)c2)C(=O)N(c2cccc(C)c2)C1=O. The first kappa shape index (κ1) is 17.5. The number of carbonyl (C=O) groups excluding carboxylic acids is 2. The molecule has 0 aliphatic carbocycles. The van der Waals surface area contributed by atoms with Gasteiger partial charge in [0.25, 0.3) is 11.8 Å². The lowest BCUT2D eigenvalue weighted by Gasteiger charge is -2.15. The van der Waals surface area contributed by atoms with Crippen LogP contribution >= 0.6 is 11.8 Å². The number of hydrogen-bond acceptors (Lipinski definition) is 3. The Morgan fingerprint density at radius 2 is 1.68 bits per heavy atom. The van der Waals surface area contributed by atoms with E-state index in [1.165, 1.54) is 22.2 Å². The maximum Gasteiger partial charge on any atom is 0.272 e. The number of amides is 2. The van der Waals surface area contributed by atoms with Gasteiger partial charge in [0, 0.05) is 0 Å². The number of aryl methyl sites for hydroxylation is 3. The molecule has 0 saturated heterocycles. The molecule has 3 rings (SSSR count). The Morgan fingerprint density at radius 1 is 0.920 bits per heavy atom. The van der Waals surface area contributed by atoms with Crippen LogP contribution in [0, 0.1) is 20.8 Å². The van der Waals surface area contributed by atoms with Crippen LogP contribution in [0.1, 0.15) is 29.2 Å². The maximum atomic E-state index is 13.1. The van der Waals surface area contributed by atoms with Gasteiger partial charge >= 0.3 is 0 Å². The Balaban J connectivity index is 2.12. The molecule has 0 unspecified atom stereocenters. The molecule has 0 atom stereocenters. The lowest BCUT2D eigenvalue weighted by atomic mass is 10.0. The summed E-state index contributed by atoms with van der Waals surface area (Å²) in [6, 6.07) is 13.4. The standard InChI is InChI=1S/C21H21NO2S/c1-5-25-19-18(16-10-9-14(3)15(4)12-16)20(23)22(21(19)24)17-8-6-7-13(2)11-17/h6-12H,5H2,1-4H3. The van der Waals surface area contributed by atoms with Crippen LogP contribution in [-0.2, 0) is 9.59 Å². The van der Waals surface area contributed by atoms with E-state index in [2.05, 4.69) is 0 Å². The molecule has 0 radical (unpaired) electrons. The Hall–Kier alpha value is -2.33. The molecule has 0 N–H and O–H groups in total. The molecule has 1 aliphatic rings. The molecule has 2 amide bonds. The number of carbonyl (C=O) groups is 2. The third kappa shape index (κ3) is 3.14. The molecule has 1 heterocycles. The van der Waals surface area contributed by atoms with E-state index in [4.69, 9.17) is 0 Å². The van der Waals surface area contributed by atoms with Crippen molar-refractivity contribution in [3.05, 3.63) is 69.6 Å². The van der Waals surface area contributed by atoms with Crippen molar-refractivity contribution in [3.8, 4) is 0 Å².